The highest BCUT2D eigenvalue weighted by molar-refractivity contribution is 5.88. The van der Waals surface area contributed by atoms with Crippen LogP contribution in [0.25, 0.3) is 0 Å². The molecule has 18 heavy (non-hydrogen) atoms. The Kier molecular flexibility index (Phi) is 4.82. The first-order valence-electron chi connectivity index (χ1n) is 7.33. The highest BCUT2D eigenvalue weighted by Crippen LogP contribution is 2.30. The van der Waals surface area contributed by atoms with Gasteiger partial charge in [-0.05, 0) is 38.5 Å². The molecule has 0 spiro atoms. The largest absolute Gasteiger partial charge is 0.323 e. The van der Waals surface area contributed by atoms with Gasteiger partial charge in [0.2, 0.25) is 5.91 Å². The van der Waals surface area contributed by atoms with E-state index in [1.165, 1.54) is 0 Å². The fourth-order valence-electron chi connectivity index (χ4n) is 2.88. The first kappa shape index (κ1) is 15.5. The molecule has 3 unspecified atom stereocenters. The van der Waals surface area contributed by atoms with Gasteiger partial charge in [0.25, 0.3) is 0 Å². The number of carbonyl (C=O) groups excluding carboxylic acids is 1. The van der Waals surface area contributed by atoms with Crippen LogP contribution in [0.1, 0.15) is 61.3 Å². The lowest BCUT2D eigenvalue weighted by Crippen LogP contribution is -2.46. The summed E-state index contributed by atoms with van der Waals surface area (Å²) in [6, 6.07) is 0.311. The van der Waals surface area contributed by atoms with Crippen LogP contribution in [0.2, 0.25) is 0 Å². The van der Waals surface area contributed by atoms with Crippen LogP contribution in [0, 0.1) is 11.8 Å². The number of nitrogens with one attached hydrogen (secondary N) is 1. The summed E-state index contributed by atoms with van der Waals surface area (Å²) in [5.74, 6) is 1.34. The maximum Gasteiger partial charge on any atom is 0.244 e. The lowest BCUT2D eigenvalue weighted by atomic mass is 9.98. The van der Waals surface area contributed by atoms with Crippen LogP contribution >= 0.6 is 0 Å². The number of rotatable bonds is 5. The van der Waals surface area contributed by atoms with E-state index < -0.39 is 0 Å². The molecule has 3 nitrogen and oxygen atoms in total. The molecule has 0 aromatic rings. The van der Waals surface area contributed by atoms with Crippen molar-refractivity contribution in [1.82, 2.24) is 10.2 Å². The van der Waals surface area contributed by atoms with E-state index in [4.69, 9.17) is 0 Å². The van der Waals surface area contributed by atoms with E-state index in [0.717, 1.165) is 12.8 Å². The lowest BCUT2D eigenvalue weighted by Gasteiger charge is -2.33. The molecule has 106 valence electrons. The molecule has 1 N–H and O–H groups in total. The summed E-state index contributed by atoms with van der Waals surface area (Å²) in [7, 11) is 0. The predicted molar refractivity (Wildman–Crippen MR) is 76.2 cm³/mol. The van der Waals surface area contributed by atoms with Crippen LogP contribution in [-0.4, -0.2) is 28.6 Å². The Balaban J connectivity index is 2.94. The standard InChI is InChI=1S/C15H30N2O/c1-8-15(7)14(18)17(12(6)9-10(2)3)13(16-15)11(4)5/h10-13,16H,8-9H2,1-7H3. The van der Waals surface area contributed by atoms with Gasteiger partial charge in [-0.15, -0.1) is 0 Å². The summed E-state index contributed by atoms with van der Waals surface area (Å²) in [5.41, 5.74) is -0.375. The van der Waals surface area contributed by atoms with Crippen molar-refractivity contribution in [1.29, 1.82) is 0 Å². The minimum Gasteiger partial charge on any atom is -0.323 e. The Morgan fingerprint density at radius 2 is 1.83 bits per heavy atom. The van der Waals surface area contributed by atoms with Crippen molar-refractivity contribution >= 4 is 5.91 Å². The van der Waals surface area contributed by atoms with Crippen molar-refractivity contribution in [3.8, 4) is 0 Å². The monoisotopic (exact) mass is 254 g/mol. The normalized spacial score (nSPS) is 30.6. The van der Waals surface area contributed by atoms with E-state index in [9.17, 15) is 4.79 Å². The zero-order chi connectivity index (χ0) is 14.1. The molecule has 1 heterocycles. The molecule has 1 aliphatic rings. The molecular weight excluding hydrogens is 224 g/mol. The number of nitrogens with zero attached hydrogens (tertiary/aromatic N) is 1. The highest BCUT2D eigenvalue weighted by Gasteiger charge is 2.48. The zero-order valence-electron chi connectivity index (χ0n) is 13.1. The number of amides is 1. The third kappa shape index (κ3) is 2.87. The van der Waals surface area contributed by atoms with Gasteiger partial charge in [0.1, 0.15) is 0 Å². The van der Waals surface area contributed by atoms with Gasteiger partial charge >= 0.3 is 0 Å². The van der Waals surface area contributed by atoms with Crippen LogP contribution < -0.4 is 5.32 Å². The fraction of sp³-hybridized carbons (Fsp3) is 0.933. The first-order valence-corrected chi connectivity index (χ1v) is 7.33. The van der Waals surface area contributed by atoms with Gasteiger partial charge in [-0.3, -0.25) is 10.1 Å². The molecule has 1 aliphatic heterocycles. The Morgan fingerprint density at radius 1 is 1.28 bits per heavy atom. The summed E-state index contributed by atoms with van der Waals surface area (Å²) in [6.07, 6.45) is 2.09. The van der Waals surface area contributed by atoms with E-state index in [1.807, 2.05) is 6.92 Å². The summed E-state index contributed by atoms with van der Waals surface area (Å²) in [6.45, 7) is 15.1. The molecule has 0 aromatic carbocycles. The SMILES string of the molecule is CCC1(C)NC(C(C)C)N(C(C)CC(C)C)C1=O. The van der Waals surface area contributed by atoms with Gasteiger partial charge in [0.05, 0.1) is 11.7 Å². The predicted octanol–water partition coefficient (Wildman–Crippen LogP) is 3.00. The molecule has 0 bridgehead atoms. The fourth-order valence-corrected chi connectivity index (χ4v) is 2.88. The molecule has 3 atom stereocenters. The third-order valence-corrected chi connectivity index (χ3v) is 4.10. The molecule has 3 heteroatoms. The third-order valence-electron chi connectivity index (χ3n) is 4.10. The second-order valence-electron chi connectivity index (χ2n) is 6.71. The highest BCUT2D eigenvalue weighted by atomic mass is 16.2. The Labute approximate surface area is 112 Å². The van der Waals surface area contributed by atoms with E-state index >= 15 is 0 Å². The molecular formula is C15H30N2O. The molecule has 1 saturated heterocycles. The summed E-state index contributed by atoms with van der Waals surface area (Å²) >= 11 is 0. The second kappa shape index (κ2) is 5.60. The van der Waals surface area contributed by atoms with Crippen molar-refractivity contribution in [3.05, 3.63) is 0 Å². The molecule has 1 rings (SSSR count). The van der Waals surface area contributed by atoms with Crippen LogP contribution in [0.3, 0.4) is 0 Å². The van der Waals surface area contributed by atoms with Gasteiger partial charge in [0.15, 0.2) is 0 Å². The zero-order valence-corrected chi connectivity index (χ0v) is 13.1. The maximum atomic E-state index is 12.7. The van der Waals surface area contributed by atoms with Crippen LogP contribution in [0.15, 0.2) is 0 Å². The van der Waals surface area contributed by atoms with Gasteiger partial charge in [0, 0.05) is 6.04 Å². The van der Waals surface area contributed by atoms with Gasteiger partial charge in [-0.2, -0.15) is 0 Å². The van der Waals surface area contributed by atoms with Crippen molar-refractivity contribution in [2.45, 2.75) is 79.1 Å². The van der Waals surface area contributed by atoms with Crippen molar-refractivity contribution in [3.63, 3.8) is 0 Å². The maximum absolute atomic E-state index is 12.7. The smallest absolute Gasteiger partial charge is 0.244 e. The number of carbonyl (C=O) groups is 1. The van der Waals surface area contributed by atoms with Crippen LogP contribution in [0.5, 0.6) is 0 Å². The topological polar surface area (TPSA) is 32.3 Å². The van der Waals surface area contributed by atoms with Crippen LogP contribution in [0.4, 0.5) is 0 Å². The van der Waals surface area contributed by atoms with Gasteiger partial charge in [-0.1, -0.05) is 34.6 Å². The van der Waals surface area contributed by atoms with E-state index in [0.29, 0.717) is 17.9 Å². The van der Waals surface area contributed by atoms with Crippen molar-refractivity contribution in [2.75, 3.05) is 0 Å². The van der Waals surface area contributed by atoms with Crippen molar-refractivity contribution in [2.24, 2.45) is 11.8 Å². The number of hydrogen-bond acceptors (Lipinski definition) is 2. The molecule has 1 fully saturated rings. The minimum absolute atomic E-state index is 0.177. The summed E-state index contributed by atoms with van der Waals surface area (Å²) < 4.78 is 0. The number of hydrogen-bond donors (Lipinski definition) is 1. The molecule has 0 aromatic heterocycles. The minimum atomic E-state index is -0.375. The Morgan fingerprint density at radius 3 is 2.22 bits per heavy atom. The molecule has 0 saturated carbocycles. The second-order valence-corrected chi connectivity index (χ2v) is 6.71. The average Bonchev–Trinajstić information content (AvgIpc) is 2.52. The first-order chi connectivity index (χ1) is 8.23. The van der Waals surface area contributed by atoms with Gasteiger partial charge in [-0.25, -0.2) is 0 Å². The Hall–Kier alpha value is -0.570. The molecule has 1 amide bonds. The quantitative estimate of drug-likeness (QED) is 0.818. The average molecular weight is 254 g/mol. The Bertz CT molecular complexity index is 301. The van der Waals surface area contributed by atoms with E-state index in [-0.39, 0.29) is 17.6 Å². The van der Waals surface area contributed by atoms with Crippen LogP contribution in [-0.2, 0) is 4.79 Å². The lowest BCUT2D eigenvalue weighted by molar-refractivity contribution is -0.135. The van der Waals surface area contributed by atoms with Crippen molar-refractivity contribution < 1.29 is 4.79 Å². The summed E-state index contributed by atoms with van der Waals surface area (Å²) in [5, 5.41) is 3.55. The van der Waals surface area contributed by atoms with Gasteiger partial charge < -0.3 is 4.90 Å². The summed E-state index contributed by atoms with van der Waals surface area (Å²) in [4.78, 5) is 14.8. The molecule has 0 radical (unpaired) electrons. The van der Waals surface area contributed by atoms with E-state index in [1.54, 1.807) is 0 Å². The van der Waals surface area contributed by atoms with E-state index in [2.05, 4.69) is 51.8 Å². The molecule has 0 aliphatic carbocycles.